The molecule has 3 N–H and O–H groups in total. The van der Waals surface area contributed by atoms with Crippen molar-refractivity contribution in [2.24, 2.45) is 5.73 Å². The van der Waals surface area contributed by atoms with Gasteiger partial charge in [0.15, 0.2) is 0 Å². The van der Waals surface area contributed by atoms with E-state index in [1.54, 1.807) is 0 Å². The number of amides is 2. The largest absolute Gasteiger partial charge is 0.338 e. The van der Waals surface area contributed by atoms with Gasteiger partial charge in [0.25, 0.3) is 0 Å². The Kier molecular flexibility index (Phi) is 4.60. The summed E-state index contributed by atoms with van der Waals surface area (Å²) in [5.74, 6) is 0. The molecule has 0 saturated carbocycles. The zero-order valence-electron chi connectivity index (χ0n) is 8.09. The second kappa shape index (κ2) is 5.80. The Bertz CT molecular complexity index is 155. The van der Waals surface area contributed by atoms with E-state index < -0.39 is 0 Å². The average Bonchev–Trinajstić information content (AvgIpc) is 2.19. The van der Waals surface area contributed by atoms with Crippen LogP contribution < -0.4 is 11.1 Å². The monoisotopic (exact) mass is 185 g/mol. The van der Waals surface area contributed by atoms with E-state index in [9.17, 15) is 4.79 Å². The van der Waals surface area contributed by atoms with Crippen molar-refractivity contribution in [2.45, 2.75) is 25.7 Å². The van der Waals surface area contributed by atoms with Gasteiger partial charge in [-0.05, 0) is 32.2 Å². The maximum atomic E-state index is 11.4. The van der Waals surface area contributed by atoms with E-state index >= 15 is 0 Å². The van der Waals surface area contributed by atoms with Gasteiger partial charge in [-0.2, -0.15) is 0 Å². The first-order valence-corrected chi connectivity index (χ1v) is 5.07. The molecule has 0 atom stereocenters. The Morgan fingerprint density at radius 3 is 2.62 bits per heavy atom. The van der Waals surface area contributed by atoms with E-state index in [-0.39, 0.29) is 6.03 Å². The van der Waals surface area contributed by atoms with Crippen molar-refractivity contribution in [3.05, 3.63) is 0 Å². The van der Waals surface area contributed by atoms with E-state index in [4.69, 9.17) is 5.73 Å². The molecule has 1 aliphatic heterocycles. The Morgan fingerprint density at radius 2 is 2.00 bits per heavy atom. The van der Waals surface area contributed by atoms with Crippen LogP contribution in [0.15, 0.2) is 0 Å². The number of nitrogens with two attached hydrogens (primary N) is 1. The lowest BCUT2D eigenvalue weighted by atomic mass is 10.1. The highest BCUT2D eigenvalue weighted by atomic mass is 16.2. The zero-order valence-corrected chi connectivity index (χ0v) is 8.09. The molecule has 0 spiro atoms. The molecule has 4 heteroatoms. The number of urea groups is 1. The van der Waals surface area contributed by atoms with Crippen molar-refractivity contribution >= 4 is 6.03 Å². The standard InChI is InChI=1S/C9H19N3O/c10-5-4-6-11-9(13)12-7-2-1-3-8-12/h1-8,10H2,(H,11,13). The lowest BCUT2D eigenvalue weighted by Gasteiger charge is -2.26. The third-order valence-electron chi connectivity index (χ3n) is 2.30. The number of likely N-dealkylation sites (tertiary alicyclic amines) is 1. The lowest BCUT2D eigenvalue weighted by molar-refractivity contribution is 0.186. The predicted molar refractivity (Wildman–Crippen MR) is 52.5 cm³/mol. The third-order valence-corrected chi connectivity index (χ3v) is 2.30. The number of hydrogen-bond donors (Lipinski definition) is 2. The summed E-state index contributed by atoms with van der Waals surface area (Å²) in [6.45, 7) is 3.16. The average molecular weight is 185 g/mol. The molecule has 4 nitrogen and oxygen atoms in total. The van der Waals surface area contributed by atoms with Gasteiger partial charge < -0.3 is 16.0 Å². The van der Waals surface area contributed by atoms with Gasteiger partial charge in [0.1, 0.15) is 0 Å². The van der Waals surface area contributed by atoms with Crippen molar-refractivity contribution in [2.75, 3.05) is 26.2 Å². The van der Waals surface area contributed by atoms with Crippen LogP contribution in [-0.4, -0.2) is 37.1 Å². The summed E-state index contributed by atoms with van der Waals surface area (Å²) in [4.78, 5) is 13.3. The number of nitrogens with zero attached hydrogens (tertiary/aromatic N) is 1. The molecule has 0 aliphatic carbocycles. The van der Waals surface area contributed by atoms with Gasteiger partial charge in [-0.25, -0.2) is 4.79 Å². The van der Waals surface area contributed by atoms with Gasteiger partial charge in [-0.3, -0.25) is 0 Å². The van der Waals surface area contributed by atoms with Gasteiger partial charge >= 0.3 is 6.03 Å². The molecule has 1 rings (SSSR count). The Hall–Kier alpha value is -0.770. The van der Waals surface area contributed by atoms with E-state index in [0.29, 0.717) is 13.1 Å². The summed E-state index contributed by atoms with van der Waals surface area (Å²) in [5.41, 5.74) is 5.33. The summed E-state index contributed by atoms with van der Waals surface area (Å²) >= 11 is 0. The Morgan fingerprint density at radius 1 is 1.31 bits per heavy atom. The summed E-state index contributed by atoms with van der Waals surface area (Å²) < 4.78 is 0. The molecular weight excluding hydrogens is 166 g/mol. The first-order valence-electron chi connectivity index (χ1n) is 5.07. The molecule has 1 fully saturated rings. The van der Waals surface area contributed by atoms with E-state index in [1.807, 2.05) is 4.90 Å². The van der Waals surface area contributed by atoms with E-state index in [1.165, 1.54) is 6.42 Å². The summed E-state index contributed by atoms with van der Waals surface area (Å²) in [6, 6.07) is 0.0770. The van der Waals surface area contributed by atoms with E-state index in [0.717, 1.165) is 32.4 Å². The summed E-state index contributed by atoms with van der Waals surface area (Å²) in [7, 11) is 0. The number of piperidine rings is 1. The van der Waals surface area contributed by atoms with Crippen LogP contribution in [0.4, 0.5) is 4.79 Å². The highest BCUT2D eigenvalue weighted by molar-refractivity contribution is 5.74. The quantitative estimate of drug-likeness (QED) is 0.630. The molecule has 1 saturated heterocycles. The summed E-state index contributed by atoms with van der Waals surface area (Å²) in [5, 5.41) is 2.86. The minimum absolute atomic E-state index is 0.0770. The van der Waals surface area contributed by atoms with Crippen LogP contribution in [0.3, 0.4) is 0 Å². The van der Waals surface area contributed by atoms with Crippen LogP contribution >= 0.6 is 0 Å². The first-order chi connectivity index (χ1) is 6.34. The van der Waals surface area contributed by atoms with Crippen LogP contribution in [0, 0.1) is 0 Å². The smallest absolute Gasteiger partial charge is 0.317 e. The maximum absolute atomic E-state index is 11.4. The van der Waals surface area contributed by atoms with Crippen LogP contribution in [-0.2, 0) is 0 Å². The van der Waals surface area contributed by atoms with Gasteiger partial charge in [0.05, 0.1) is 0 Å². The van der Waals surface area contributed by atoms with Crippen molar-refractivity contribution < 1.29 is 4.79 Å². The van der Waals surface area contributed by atoms with E-state index in [2.05, 4.69) is 5.32 Å². The number of carbonyl (C=O) groups excluding carboxylic acids is 1. The highest BCUT2D eigenvalue weighted by Crippen LogP contribution is 2.07. The summed E-state index contributed by atoms with van der Waals surface area (Å²) in [6.07, 6.45) is 4.40. The van der Waals surface area contributed by atoms with Gasteiger partial charge in [-0.1, -0.05) is 0 Å². The second-order valence-electron chi connectivity index (χ2n) is 3.42. The number of nitrogens with one attached hydrogen (secondary N) is 1. The molecule has 0 aromatic rings. The zero-order chi connectivity index (χ0) is 9.52. The van der Waals surface area contributed by atoms with Gasteiger partial charge in [0, 0.05) is 19.6 Å². The predicted octanol–water partition coefficient (Wildman–Crippen LogP) is 0.531. The highest BCUT2D eigenvalue weighted by Gasteiger charge is 2.14. The SMILES string of the molecule is NCCCNC(=O)N1CCCCC1. The lowest BCUT2D eigenvalue weighted by Crippen LogP contribution is -2.43. The van der Waals surface area contributed by atoms with Gasteiger partial charge in [0.2, 0.25) is 0 Å². The Balaban J connectivity index is 2.13. The first kappa shape index (κ1) is 10.3. The fraction of sp³-hybridized carbons (Fsp3) is 0.889. The minimum Gasteiger partial charge on any atom is -0.338 e. The molecule has 1 aliphatic rings. The molecule has 0 radical (unpaired) electrons. The fourth-order valence-corrected chi connectivity index (χ4v) is 1.51. The molecule has 13 heavy (non-hydrogen) atoms. The number of hydrogen-bond acceptors (Lipinski definition) is 2. The number of carbonyl (C=O) groups is 1. The molecule has 1 heterocycles. The van der Waals surface area contributed by atoms with Crippen LogP contribution in [0.2, 0.25) is 0 Å². The minimum atomic E-state index is 0.0770. The van der Waals surface area contributed by atoms with Crippen LogP contribution in [0.5, 0.6) is 0 Å². The van der Waals surface area contributed by atoms with Crippen molar-refractivity contribution in [3.8, 4) is 0 Å². The molecule has 76 valence electrons. The van der Waals surface area contributed by atoms with Crippen molar-refractivity contribution in [3.63, 3.8) is 0 Å². The fourth-order valence-electron chi connectivity index (χ4n) is 1.51. The van der Waals surface area contributed by atoms with Crippen molar-refractivity contribution in [1.29, 1.82) is 0 Å². The topological polar surface area (TPSA) is 58.4 Å². The molecule has 0 unspecified atom stereocenters. The second-order valence-corrected chi connectivity index (χ2v) is 3.42. The van der Waals surface area contributed by atoms with Crippen LogP contribution in [0.25, 0.3) is 0 Å². The molecular formula is C9H19N3O. The van der Waals surface area contributed by atoms with Crippen LogP contribution in [0.1, 0.15) is 25.7 Å². The molecule has 2 amide bonds. The van der Waals surface area contributed by atoms with Crippen molar-refractivity contribution in [1.82, 2.24) is 10.2 Å². The third kappa shape index (κ3) is 3.63. The molecule has 0 bridgehead atoms. The maximum Gasteiger partial charge on any atom is 0.317 e. The molecule has 0 aromatic carbocycles. The molecule has 0 aromatic heterocycles. The number of rotatable bonds is 3. The normalized spacial score (nSPS) is 17.2. The Labute approximate surface area is 79.5 Å². The van der Waals surface area contributed by atoms with Gasteiger partial charge in [-0.15, -0.1) is 0 Å².